The summed E-state index contributed by atoms with van der Waals surface area (Å²) in [7, 11) is 0. The van der Waals surface area contributed by atoms with Crippen molar-refractivity contribution in [1.29, 1.82) is 0 Å². The van der Waals surface area contributed by atoms with Gasteiger partial charge in [0.15, 0.2) is 0 Å². The molecule has 1 aliphatic carbocycles. The van der Waals surface area contributed by atoms with Crippen LogP contribution >= 0.6 is 0 Å². The molecule has 0 bridgehead atoms. The first-order valence-corrected chi connectivity index (χ1v) is 8.28. The van der Waals surface area contributed by atoms with Crippen LogP contribution in [-0.4, -0.2) is 32.8 Å². The van der Waals surface area contributed by atoms with Gasteiger partial charge in [-0.3, -0.25) is 14.9 Å². The Morgan fingerprint density at radius 1 is 1.33 bits per heavy atom. The Labute approximate surface area is 139 Å². The average molecular weight is 332 g/mol. The Morgan fingerprint density at radius 3 is 2.67 bits per heavy atom. The highest BCUT2D eigenvalue weighted by atomic mass is 16.6. The smallest absolute Gasteiger partial charge is 0.326 e. The Bertz CT molecular complexity index is 682. The number of carbonyl (C=O) groups excluding carboxylic acids is 1. The maximum absolute atomic E-state index is 12.6. The van der Waals surface area contributed by atoms with Crippen LogP contribution < -0.4 is 0 Å². The van der Waals surface area contributed by atoms with Crippen LogP contribution in [0.25, 0.3) is 0 Å². The van der Waals surface area contributed by atoms with Gasteiger partial charge in [0.2, 0.25) is 0 Å². The van der Waals surface area contributed by atoms with Gasteiger partial charge in [0.25, 0.3) is 11.6 Å². The van der Waals surface area contributed by atoms with Crippen LogP contribution in [0.5, 0.6) is 0 Å². The summed E-state index contributed by atoms with van der Waals surface area (Å²) >= 11 is 0. The number of aliphatic carboxylic acids is 1. The Hall–Kier alpha value is -2.44. The zero-order valence-electron chi connectivity index (χ0n) is 13.3. The van der Waals surface area contributed by atoms with Gasteiger partial charge in [-0.25, -0.2) is 4.79 Å². The fourth-order valence-electron chi connectivity index (χ4n) is 3.79. The van der Waals surface area contributed by atoms with Gasteiger partial charge in [-0.1, -0.05) is 32.1 Å². The Balaban J connectivity index is 1.80. The molecule has 0 aromatic heterocycles. The molecule has 1 fully saturated rings. The molecular formula is C17H20N2O5. The zero-order chi connectivity index (χ0) is 17.3. The summed E-state index contributed by atoms with van der Waals surface area (Å²) in [4.78, 5) is 36.0. The molecule has 1 aromatic rings. The second-order valence-electron chi connectivity index (χ2n) is 6.63. The van der Waals surface area contributed by atoms with E-state index in [-0.39, 0.29) is 18.1 Å². The number of hydrogen-bond acceptors (Lipinski definition) is 4. The van der Waals surface area contributed by atoms with E-state index in [0.29, 0.717) is 23.5 Å². The van der Waals surface area contributed by atoms with E-state index in [4.69, 9.17) is 0 Å². The van der Waals surface area contributed by atoms with Crippen molar-refractivity contribution in [1.82, 2.24) is 4.90 Å². The number of rotatable bonds is 5. The highest BCUT2D eigenvalue weighted by Crippen LogP contribution is 2.33. The van der Waals surface area contributed by atoms with E-state index < -0.39 is 16.9 Å². The maximum atomic E-state index is 12.6. The summed E-state index contributed by atoms with van der Waals surface area (Å²) in [5.41, 5.74) is 0.821. The summed E-state index contributed by atoms with van der Waals surface area (Å²) in [6.45, 7) is 0.125. The number of carbonyl (C=O) groups is 2. The summed E-state index contributed by atoms with van der Waals surface area (Å²) in [6.07, 6.45) is 5.87. The second-order valence-corrected chi connectivity index (χ2v) is 6.63. The highest BCUT2D eigenvalue weighted by molar-refractivity contribution is 6.00. The molecule has 1 atom stereocenters. The van der Waals surface area contributed by atoms with E-state index in [1.54, 1.807) is 0 Å². The summed E-state index contributed by atoms with van der Waals surface area (Å²) in [5.74, 6) is -1.02. The van der Waals surface area contributed by atoms with Gasteiger partial charge in [-0.15, -0.1) is 0 Å². The topological polar surface area (TPSA) is 101 Å². The standard InChI is InChI=1S/C17H20N2O5/c20-16-14-7-6-13(19(23)24)9-12(14)10-18(16)15(17(21)22)8-11-4-2-1-3-5-11/h6-7,9,11,15H,1-5,8,10H2,(H,21,22). The lowest BCUT2D eigenvalue weighted by Crippen LogP contribution is -2.42. The van der Waals surface area contributed by atoms with Crippen molar-refractivity contribution >= 4 is 17.6 Å². The fourth-order valence-corrected chi connectivity index (χ4v) is 3.79. The van der Waals surface area contributed by atoms with E-state index >= 15 is 0 Å². The number of nitro groups is 1. The van der Waals surface area contributed by atoms with E-state index in [1.807, 2.05) is 0 Å². The number of carboxylic acids is 1. The van der Waals surface area contributed by atoms with E-state index in [9.17, 15) is 24.8 Å². The van der Waals surface area contributed by atoms with Crippen LogP contribution in [-0.2, 0) is 11.3 Å². The molecule has 1 N–H and O–H groups in total. The predicted octanol–water partition coefficient (Wildman–Crippen LogP) is 2.97. The van der Waals surface area contributed by atoms with Crippen molar-refractivity contribution in [3.8, 4) is 0 Å². The lowest BCUT2D eigenvalue weighted by molar-refractivity contribution is -0.384. The quantitative estimate of drug-likeness (QED) is 0.660. The predicted molar refractivity (Wildman–Crippen MR) is 85.6 cm³/mol. The van der Waals surface area contributed by atoms with Crippen molar-refractivity contribution in [3.63, 3.8) is 0 Å². The minimum absolute atomic E-state index is 0.0810. The largest absolute Gasteiger partial charge is 0.480 e. The van der Waals surface area contributed by atoms with Gasteiger partial charge >= 0.3 is 5.97 Å². The molecule has 1 amide bonds. The van der Waals surface area contributed by atoms with Crippen molar-refractivity contribution in [2.45, 2.75) is 51.1 Å². The van der Waals surface area contributed by atoms with Crippen LogP contribution in [0.2, 0.25) is 0 Å². The number of nitro benzene ring substituents is 1. The minimum atomic E-state index is -1.00. The summed E-state index contributed by atoms with van der Waals surface area (Å²) < 4.78 is 0. The third-order valence-electron chi connectivity index (χ3n) is 5.07. The van der Waals surface area contributed by atoms with E-state index in [2.05, 4.69) is 0 Å². The van der Waals surface area contributed by atoms with Crippen LogP contribution in [0.15, 0.2) is 18.2 Å². The number of fused-ring (bicyclic) bond motifs is 1. The number of hydrogen-bond donors (Lipinski definition) is 1. The molecule has 7 heteroatoms. The molecule has 0 spiro atoms. The molecule has 1 saturated carbocycles. The molecule has 1 aliphatic heterocycles. The van der Waals surface area contributed by atoms with Gasteiger partial charge in [-0.2, -0.15) is 0 Å². The molecular weight excluding hydrogens is 312 g/mol. The first kappa shape index (κ1) is 16.4. The Kier molecular flexibility index (Phi) is 4.51. The first-order chi connectivity index (χ1) is 11.5. The molecule has 7 nitrogen and oxygen atoms in total. The maximum Gasteiger partial charge on any atom is 0.326 e. The zero-order valence-corrected chi connectivity index (χ0v) is 13.3. The van der Waals surface area contributed by atoms with Crippen LogP contribution in [0.3, 0.4) is 0 Å². The molecule has 2 aliphatic rings. The van der Waals surface area contributed by atoms with Crippen LogP contribution in [0.4, 0.5) is 5.69 Å². The van der Waals surface area contributed by atoms with Crippen molar-refractivity contribution in [2.24, 2.45) is 5.92 Å². The lowest BCUT2D eigenvalue weighted by atomic mass is 9.84. The molecule has 24 heavy (non-hydrogen) atoms. The SMILES string of the molecule is O=C(O)C(CC1CCCCC1)N1Cc2cc([N+](=O)[O-])ccc2C1=O. The van der Waals surface area contributed by atoms with Crippen LogP contribution in [0, 0.1) is 16.0 Å². The highest BCUT2D eigenvalue weighted by Gasteiger charge is 2.38. The van der Waals surface area contributed by atoms with Gasteiger partial charge < -0.3 is 10.0 Å². The number of amides is 1. The van der Waals surface area contributed by atoms with Gasteiger partial charge in [0.1, 0.15) is 6.04 Å². The van der Waals surface area contributed by atoms with Gasteiger partial charge in [0.05, 0.1) is 4.92 Å². The third kappa shape index (κ3) is 3.11. The third-order valence-corrected chi connectivity index (χ3v) is 5.07. The molecule has 3 rings (SSSR count). The van der Waals surface area contributed by atoms with Gasteiger partial charge in [0, 0.05) is 24.2 Å². The van der Waals surface area contributed by atoms with Crippen molar-refractivity contribution in [3.05, 3.63) is 39.4 Å². The lowest BCUT2D eigenvalue weighted by Gasteiger charge is -2.29. The second kappa shape index (κ2) is 6.59. The fraction of sp³-hybridized carbons (Fsp3) is 0.529. The normalized spacial score (nSPS) is 19.2. The van der Waals surface area contributed by atoms with E-state index in [0.717, 1.165) is 25.7 Å². The average Bonchev–Trinajstić information content (AvgIpc) is 2.89. The molecule has 1 unspecified atom stereocenters. The summed E-state index contributed by atoms with van der Waals surface area (Å²) in [5, 5.41) is 20.5. The monoisotopic (exact) mass is 332 g/mol. The number of non-ortho nitro benzene ring substituents is 1. The summed E-state index contributed by atoms with van der Waals surface area (Å²) in [6, 6.07) is 3.21. The van der Waals surface area contributed by atoms with Crippen LogP contribution in [0.1, 0.15) is 54.4 Å². The van der Waals surface area contributed by atoms with E-state index in [1.165, 1.54) is 29.5 Å². The number of nitrogens with zero attached hydrogens (tertiary/aromatic N) is 2. The minimum Gasteiger partial charge on any atom is -0.480 e. The molecule has 1 aromatic carbocycles. The number of carboxylic acid groups (broad SMARTS) is 1. The molecule has 0 saturated heterocycles. The molecule has 0 radical (unpaired) electrons. The molecule has 128 valence electrons. The van der Waals surface area contributed by atoms with Gasteiger partial charge in [-0.05, 0) is 24.0 Å². The van der Waals surface area contributed by atoms with Crippen molar-refractivity contribution < 1.29 is 19.6 Å². The molecule has 1 heterocycles. The van der Waals surface area contributed by atoms with Crippen molar-refractivity contribution in [2.75, 3.05) is 0 Å². The Morgan fingerprint density at radius 2 is 2.04 bits per heavy atom. The first-order valence-electron chi connectivity index (χ1n) is 8.28. The number of benzene rings is 1.